The molecule has 0 aliphatic heterocycles. The SMILES string of the molecule is CC(C)C(NC(=O)c1ccc(Cl)cc1)C(=O)N/N=C\c1c2ccccc2cc2ccccc12. The maximum absolute atomic E-state index is 12.9. The van der Waals surface area contributed by atoms with Crippen LogP contribution in [0.3, 0.4) is 0 Å². The van der Waals surface area contributed by atoms with E-state index in [0.717, 1.165) is 27.1 Å². The van der Waals surface area contributed by atoms with E-state index in [0.29, 0.717) is 10.6 Å². The number of rotatable bonds is 6. The highest BCUT2D eigenvalue weighted by atomic mass is 35.5. The molecule has 0 bridgehead atoms. The van der Waals surface area contributed by atoms with Gasteiger partial charge in [-0.2, -0.15) is 5.10 Å². The summed E-state index contributed by atoms with van der Waals surface area (Å²) in [6.07, 6.45) is 1.67. The Bertz CT molecular complexity index is 1290. The Morgan fingerprint density at radius 1 is 0.879 bits per heavy atom. The van der Waals surface area contributed by atoms with Crippen molar-refractivity contribution in [2.24, 2.45) is 11.0 Å². The summed E-state index contributed by atoms with van der Waals surface area (Å²) in [5, 5.41) is 11.9. The summed E-state index contributed by atoms with van der Waals surface area (Å²) in [6, 6.07) is 24.1. The van der Waals surface area contributed by atoms with Crippen LogP contribution in [-0.2, 0) is 4.79 Å². The number of fused-ring (bicyclic) bond motifs is 2. The van der Waals surface area contributed by atoms with Gasteiger partial charge in [0.05, 0.1) is 6.21 Å². The minimum absolute atomic E-state index is 0.130. The lowest BCUT2D eigenvalue weighted by Crippen LogP contribution is -2.48. The van der Waals surface area contributed by atoms with Crippen LogP contribution in [-0.4, -0.2) is 24.1 Å². The number of amides is 2. The average molecular weight is 458 g/mol. The maximum Gasteiger partial charge on any atom is 0.262 e. The second-order valence-electron chi connectivity index (χ2n) is 8.17. The molecule has 0 fully saturated rings. The van der Waals surface area contributed by atoms with Crippen molar-refractivity contribution in [1.29, 1.82) is 0 Å². The highest BCUT2D eigenvalue weighted by molar-refractivity contribution is 6.30. The molecule has 4 aromatic rings. The molecule has 33 heavy (non-hydrogen) atoms. The van der Waals surface area contributed by atoms with Crippen LogP contribution in [0.4, 0.5) is 0 Å². The number of halogens is 1. The van der Waals surface area contributed by atoms with E-state index in [1.54, 1.807) is 30.5 Å². The third kappa shape index (κ3) is 5.04. The fraction of sp³-hybridized carbons (Fsp3) is 0.148. The van der Waals surface area contributed by atoms with Gasteiger partial charge >= 0.3 is 0 Å². The average Bonchev–Trinajstić information content (AvgIpc) is 2.82. The van der Waals surface area contributed by atoms with E-state index < -0.39 is 6.04 Å². The number of carbonyl (C=O) groups excluding carboxylic acids is 2. The Morgan fingerprint density at radius 3 is 2.03 bits per heavy atom. The number of carbonyl (C=O) groups is 2. The Hall–Kier alpha value is -3.70. The van der Waals surface area contributed by atoms with E-state index in [2.05, 4.69) is 34.0 Å². The quantitative estimate of drug-likeness (QED) is 0.226. The number of hydrazone groups is 1. The first-order valence-corrected chi connectivity index (χ1v) is 11.1. The van der Waals surface area contributed by atoms with Crippen LogP contribution in [0, 0.1) is 5.92 Å². The van der Waals surface area contributed by atoms with Gasteiger partial charge in [-0.1, -0.05) is 74.0 Å². The molecule has 5 nitrogen and oxygen atoms in total. The smallest absolute Gasteiger partial charge is 0.262 e. The molecule has 0 saturated heterocycles. The summed E-state index contributed by atoms with van der Waals surface area (Å²) in [4.78, 5) is 25.5. The molecule has 166 valence electrons. The molecule has 0 spiro atoms. The summed E-state index contributed by atoms with van der Waals surface area (Å²) < 4.78 is 0. The fourth-order valence-corrected chi connectivity index (χ4v) is 3.90. The lowest BCUT2D eigenvalue weighted by Gasteiger charge is -2.20. The van der Waals surface area contributed by atoms with Gasteiger partial charge in [0.25, 0.3) is 11.8 Å². The summed E-state index contributed by atoms with van der Waals surface area (Å²) in [7, 11) is 0. The van der Waals surface area contributed by atoms with Gasteiger partial charge in [-0.05, 0) is 57.8 Å². The largest absolute Gasteiger partial charge is 0.340 e. The second kappa shape index (κ2) is 9.84. The van der Waals surface area contributed by atoms with Gasteiger partial charge in [0, 0.05) is 16.1 Å². The van der Waals surface area contributed by atoms with Crippen LogP contribution < -0.4 is 10.7 Å². The van der Waals surface area contributed by atoms with Crippen molar-refractivity contribution in [2.45, 2.75) is 19.9 Å². The Labute approximate surface area is 197 Å². The molecule has 2 amide bonds. The maximum atomic E-state index is 12.9. The fourth-order valence-electron chi connectivity index (χ4n) is 3.78. The molecule has 0 heterocycles. The van der Waals surface area contributed by atoms with Crippen LogP contribution in [0.25, 0.3) is 21.5 Å². The molecule has 0 aliphatic rings. The predicted molar refractivity (Wildman–Crippen MR) is 135 cm³/mol. The van der Waals surface area contributed by atoms with Gasteiger partial charge in [0.1, 0.15) is 6.04 Å². The number of nitrogens with one attached hydrogen (secondary N) is 2. The minimum atomic E-state index is -0.741. The lowest BCUT2D eigenvalue weighted by molar-refractivity contribution is -0.123. The summed E-state index contributed by atoms with van der Waals surface area (Å²) in [5.74, 6) is -0.854. The normalized spacial score (nSPS) is 12.4. The summed E-state index contributed by atoms with van der Waals surface area (Å²) in [5.41, 5.74) is 3.96. The molecule has 4 rings (SSSR count). The number of nitrogens with zero attached hydrogens (tertiary/aromatic N) is 1. The van der Waals surface area contributed by atoms with Gasteiger partial charge in [-0.25, -0.2) is 5.43 Å². The third-order valence-electron chi connectivity index (χ3n) is 5.52. The van der Waals surface area contributed by atoms with Crippen molar-refractivity contribution in [3.05, 3.63) is 95.0 Å². The Kier molecular flexibility index (Phi) is 6.71. The first kappa shape index (κ1) is 22.5. The molecule has 1 atom stereocenters. The summed E-state index contributed by atoms with van der Waals surface area (Å²) >= 11 is 5.89. The Morgan fingerprint density at radius 2 is 1.45 bits per heavy atom. The number of hydrogen-bond acceptors (Lipinski definition) is 3. The first-order chi connectivity index (χ1) is 15.9. The molecule has 0 saturated carbocycles. The zero-order chi connectivity index (χ0) is 23.4. The van der Waals surface area contributed by atoms with Crippen LogP contribution in [0.1, 0.15) is 29.8 Å². The molecule has 6 heteroatoms. The van der Waals surface area contributed by atoms with Gasteiger partial charge in [0.15, 0.2) is 0 Å². The van der Waals surface area contributed by atoms with Crippen molar-refractivity contribution in [3.63, 3.8) is 0 Å². The predicted octanol–water partition coefficient (Wildman–Crippen LogP) is 5.55. The van der Waals surface area contributed by atoms with Crippen molar-refractivity contribution < 1.29 is 9.59 Å². The van der Waals surface area contributed by atoms with Gasteiger partial charge in [0.2, 0.25) is 0 Å². The van der Waals surface area contributed by atoms with E-state index in [1.807, 2.05) is 50.2 Å². The van der Waals surface area contributed by atoms with E-state index in [-0.39, 0.29) is 17.7 Å². The molecule has 4 aromatic carbocycles. The number of benzene rings is 4. The molecule has 0 radical (unpaired) electrons. The lowest BCUT2D eigenvalue weighted by atomic mass is 9.97. The van der Waals surface area contributed by atoms with E-state index in [1.165, 1.54) is 0 Å². The third-order valence-corrected chi connectivity index (χ3v) is 5.78. The first-order valence-electron chi connectivity index (χ1n) is 10.7. The number of hydrogen-bond donors (Lipinski definition) is 2. The van der Waals surface area contributed by atoms with Gasteiger partial charge in [-0.15, -0.1) is 0 Å². The molecule has 1 unspecified atom stereocenters. The highest BCUT2D eigenvalue weighted by Crippen LogP contribution is 2.27. The topological polar surface area (TPSA) is 70.6 Å². The van der Waals surface area contributed by atoms with Gasteiger partial charge in [-0.3, -0.25) is 9.59 Å². The zero-order valence-electron chi connectivity index (χ0n) is 18.4. The van der Waals surface area contributed by atoms with Crippen LogP contribution >= 0.6 is 11.6 Å². The van der Waals surface area contributed by atoms with Crippen molar-refractivity contribution >= 4 is 51.2 Å². The van der Waals surface area contributed by atoms with Crippen LogP contribution in [0.5, 0.6) is 0 Å². The minimum Gasteiger partial charge on any atom is -0.340 e. The monoisotopic (exact) mass is 457 g/mol. The zero-order valence-corrected chi connectivity index (χ0v) is 19.1. The highest BCUT2D eigenvalue weighted by Gasteiger charge is 2.24. The molecular weight excluding hydrogens is 434 g/mol. The van der Waals surface area contributed by atoms with Crippen LogP contribution in [0.15, 0.2) is 84.0 Å². The van der Waals surface area contributed by atoms with E-state index in [9.17, 15) is 9.59 Å². The van der Waals surface area contributed by atoms with Crippen molar-refractivity contribution in [2.75, 3.05) is 0 Å². The van der Waals surface area contributed by atoms with Crippen molar-refractivity contribution in [3.8, 4) is 0 Å². The van der Waals surface area contributed by atoms with Crippen LogP contribution in [0.2, 0.25) is 5.02 Å². The molecule has 0 aliphatic carbocycles. The van der Waals surface area contributed by atoms with E-state index in [4.69, 9.17) is 11.6 Å². The molecule has 0 aromatic heterocycles. The molecular formula is C27H24ClN3O2. The second-order valence-corrected chi connectivity index (χ2v) is 8.61. The van der Waals surface area contributed by atoms with Gasteiger partial charge < -0.3 is 5.32 Å². The molecule has 2 N–H and O–H groups in total. The van der Waals surface area contributed by atoms with Crippen molar-refractivity contribution in [1.82, 2.24) is 10.7 Å². The Balaban J connectivity index is 1.55. The summed E-state index contributed by atoms with van der Waals surface area (Å²) in [6.45, 7) is 3.74. The van der Waals surface area contributed by atoms with E-state index >= 15 is 0 Å². The standard InChI is InChI=1S/C27H24ClN3O2/c1-17(2)25(30-26(32)18-11-13-21(28)14-12-18)27(33)31-29-16-24-22-9-5-3-7-19(22)15-20-8-4-6-10-23(20)24/h3-17,25H,1-2H3,(H,30,32)(H,31,33)/b29-16-.